The second kappa shape index (κ2) is 8.37. The van der Waals surface area contributed by atoms with E-state index in [1.807, 2.05) is 0 Å². The first-order valence-corrected chi connectivity index (χ1v) is 9.80. The molecule has 1 heterocycles. The summed E-state index contributed by atoms with van der Waals surface area (Å²) in [7, 11) is 0. The Balaban J connectivity index is 1.60. The molecule has 0 unspecified atom stereocenters. The lowest BCUT2D eigenvalue weighted by Gasteiger charge is -2.40. The van der Waals surface area contributed by atoms with E-state index in [4.69, 9.17) is 4.74 Å². The van der Waals surface area contributed by atoms with E-state index in [2.05, 4.69) is 5.32 Å². The molecular weight excluding hydrogens is 426 g/mol. The van der Waals surface area contributed by atoms with Gasteiger partial charge in [-0.15, -0.1) is 0 Å². The molecule has 1 aliphatic rings. The molecule has 1 fully saturated rings. The molecule has 1 amide bonds. The molecule has 4 nitrogen and oxygen atoms in total. The van der Waals surface area contributed by atoms with Crippen LogP contribution < -0.4 is 5.32 Å². The Kier molecular flexibility index (Phi) is 5.75. The average molecular weight is 445 g/mol. The van der Waals surface area contributed by atoms with Gasteiger partial charge in [-0.3, -0.25) is 4.79 Å². The fraction of sp³-hybridized carbons (Fsp3) is 0.208. The minimum Gasteiger partial charge on any atom is -0.392 e. The third kappa shape index (κ3) is 4.11. The van der Waals surface area contributed by atoms with Gasteiger partial charge in [0.2, 0.25) is 5.91 Å². The largest absolute Gasteiger partial charge is 0.416 e. The summed E-state index contributed by atoms with van der Waals surface area (Å²) in [5, 5.41) is 12.3. The van der Waals surface area contributed by atoms with Gasteiger partial charge in [0, 0.05) is 5.69 Å². The Morgan fingerprint density at radius 2 is 1.66 bits per heavy atom. The predicted molar refractivity (Wildman–Crippen MR) is 110 cm³/mol. The Morgan fingerprint density at radius 1 is 1.00 bits per heavy atom. The number of nitrogens with one attached hydrogen (secondary N) is 1. The van der Waals surface area contributed by atoms with Crippen LogP contribution in [0.25, 0.3) is 11.1 Å². The first-order valence-electron chi connectivity index (χ1n) is 9.80. The van der Waals surface area contributed by atoms with E-state index in [-0.39, 0.29) is 24.7 Å². The molecule has 0 saturated carbocycles. The fourth-order valence-electron chi connectivity index (χ4n) is 3.67. The van der Waals surface area contributed by atoms with E-state index in [0.29, 0.717) is 22.4 Å². The van der Waals surface area contributed by atoms with Crippen LogP contribution in [0.15, 0.2) is 66.7 Å². The van der Waals surface area contributed by atoms with Crippen molar-refractivity contribution in [2.45, 2.75) is 18.2 Å². The number of amides is 1. The van der Waals surface area contributed by atoms with Crippen molar-refractivity contribution in [1.29, 1.82) is 0 Å². The molecule has 2 N–H and O–H groups in total. The topological polar surface area (TPSA) is 58.6 Å². The second-order valence-corrected chi connectivity index (χ2v) is 7.64. The molecule has 1 aliphatic heterocycles. The van der Waals surface area contributed by atoms with Crippen LogP contribution in [-0.2, 0) is 27.7 Å². The number of rotatable bonds is 5. The van der Waals surface area contributed by atoms with Gasteiger partial charge in [-0.05, 0) is 58.7 Å². The number of alkyl halides is 3. The minimum atomic E-state index is -4.50. The fourth-order valence-corrected chi connectivity index (χ4v) is 3.67. The van der Waals surface area contributed by atoms with E-state index >= 15 is 0 Å². The Bertz CT molecular complexity index is 1120. The summed E-state index contributed by atoms with van der Waals surface area (Å²) in [4.78, 5) is 13.0. The van der Waals surface area contributed by atoms with Gasteiger partial charge >= 0.3 is 6.18 Å². The number of carbonyl (C=O) groups is 1. The lowest BCUT2D eigenvalue weighted by Crippen LogP contribution is -2.55. The number of aliphatic hydroxyl groups is 1. The molecule has 0 aliphatic carbocycles. The number of hydrogen-bond acceptors (Lipinski definition) is 3. The second-order valence-electron chi connectivity index (χ2n) is 7.64. The molecule has 166 valence electrons. The predicted octanol–water partition coefficient (Wildman–Crippen LogP) is 4.91. The standard InChI is InChI=1S/C24H19F4NO3/c25-19-6-8-20(9-7-19)29-22(31)23(13-32-14-23)17-3-1-15(2-4-17)21-10-5-18(24(26,27)28)11-16(21)12-30/h1-11,30H,12-14H2,(H,29,31). The average Bonchev–Trinajstić information content (AvgIpc) is 2.74. The molecule has 3 aromatic carbocycles. The highest BCUT2D eigenvalue weighted by atomic mass is 19.4. The molecule has 0 aromatic heterocycles. The number of halogens is 4. The van der Waals surface area contributed by atoms with E-state index < -0.39 is 29.6 Å². The Labute approximate surface area is 181 Å². The summed E-state index contributed by atoms with van der Waals surface area (Å²) in [6, 6.07) is 15.5. The van der Waals surface area contributed by atoms with Gasteiger partial charge in [0.05, 0.1) is 25.4 Å². The van der Waals surface area contributed by atoms with Crippen molar-refractivity contribution >= 4 is 11.6 Å². The minimum absolute atomic E-state index is 0.156. The van der Waals surface area contributed by atoms with Gasteiger partial charge in [0.15, 0.2) is 0 Å². The van der Waals surface area contributed by atoms with Crippen molar-refractivity contribution < 1.29 is 32.2 Å². The number of hydrogen-bond donors (Lipinski definition) is 2. The molecule has 0 atom stereocenters. The molecule has 4 rings (SSSR count). The van der Waals surface area contributed by atoms with Crippen molar-refractivity contribution in [2.75, 3.05) is 18.5 Å². The van der Waals surface area contributed by atoms with Crippen molar-refractivity contribution in [2.24, 2.45) is 0 Å². The summed E-state index contributed by atoms with van der Waals surface area (Å²) in [6.45, 7) is -0.206. The van der Waals surface area contributed by atoms with Crippen LogP contribution >= 0.6 is 0 Å². The smallest absolute Gasteiger partial charge is 0.392 e. The zero-order valence-electron chi connectivity index (χ0n) is 16.7. The van der Waals surface area contributed by atoms with Crippen molar-refractivity contribution in [3.8, 4) is 11.1 Å². The van der Waals surface area contributed by atoms with Crippen molar-refractivity contribution in [3.63, 3.8) is 0 Å². The first kappa shape index (κ1) is 22.0. The van der Waals surface area contributed by atoms with Crippen LogP contribution in [0.1, 0.15) is 16.7 Å². The van der Waals surface area contributed by atoms with Gasteiger partial charge in [-0.2, -0.15) is 13.2 Å². The first-order chi connectivity index (χ1) is 15.2. The molecule has 0 bridgehead atoms. The summed E-state index contributed by atoms with van der Waals surface area (Å²) in [5.41, 5.74) is 0.629. The SMILES string of the molecule is O=C(Nc1ccc(F)cc1)C1(c2ccc(-c3ccc(C(F)(F)F)cc3CO)cc2)COC1. The van der Waals surface area contributed by atoms with Crippen LogP contribution in [0, 0.1) is 5.82 Å². The summed E-state index contributed by atoms with van der Waals surface area (Å²) in [5.74, 6) is -0.709. The third-order valence-corrected chi connectivity index (χ3v) is 5.59. The van der Waals surface area contributed by atoms with Gasteiger partial charge in [-0.1, -0.05) is 30.3 Å². The third-order valence-electron chi connectivity index (χ3n) is 5.59. The van der Waals surface area contributed by atoms with E-state index in [0.717, 1.165) is 12.1 Å². The molecule has 0 radical (unpaired) electrons. The zero-order valence-corrected chi connectivity index (χ0v) is 16.7. The molecule has 8 heteroatoms. The number of benzene rings is 3. The number of carbonyl (C=O) groups excluding carboxylic acids is 1. The van der Waals surface area contributed by atoms with Crippen LogP contribution in [0.5, 0.6) is 0 Å². The summed E-state index contributed by atoms with van der Waals surface area (Å²) < 4.78 is 57.3. The molecule has 32 heavy (non-hydrogen) atoms. The molecule has 3 aromatic rings. The normalized spacial score (nSPS) is 15.2. The molecular formula is C24H19F4NO3. The highest BCUT2D eigenvalue weighted by Crippen LogP contribution is 2.37. The monoisotopic (exact) mass is 445 g/mol. The van der Waals surface area contributed by atoms with E-state index in [1.165, 1.54) is 30.3 Å². The van der Waals surface area contributed by atoms with Crippen molar-refractivity contribution in [3.05, 3.63) is 89.2 Å². The lowest BCUT2D eigenvalue weighted by atomic mass is 9.77. The highest BCUT2D eigenvalue weighted by molar-refractivity contribution is 6.00. The highest BCUT2D eigenvalue weighted by Gasteiger charge is 2.47. The van der Waals surface area contributed by atoms with Crippen LogP contribution in [0.2, 0.25) is 0 Å². The summed E-state index contributed by atoms with van der Waals surface area (Å²) in [6.07, 6.45) is -4.50. The Morgan fingerprint density at radius 3 is 2.19 bits per heavy atom. The number of anilines is 1. The lowest BCUT2D eigenvalue weighted by molar-refractivity contribution is -0.139. The number of ether oxygens (including phenoxy) is 1. The Hall–Kier alpha value is -3.23. The molecule has 0 spiro atoms. The zero-order chi connectivity index (χ0) is 22.9. The van der Waals surface area contributed by atoms with E-state index in [9.17, 15) is 27.5 Å². The quantitative estimate of drug-likeness (QED) is 0.549. The maximum atomic E-state index is 13.1. The molecule has 1 saturated heterocycles. The summed E-state index contributed by atoms with van der Waals surface area (Å²) >= 11 is 0. The number of aliphatic hydroxyl groups excluding tert-OH is 1. The van der Waals surface area contributed by atoms with Gasteiger partial charge in [0.1, 0.15) is 11.2 Å². The maximum absolute atomic E-state index is 13.1. The van der Waals surface area contributed by atoms with Gasteiger partial charge < -0.3 is 15.2 Å². The van der Waals surface area contributed by atoms with Crippen LogP contribution in [-0.4, -0.2) is 24.2 Å². The van der Waals surface area contributed by atoms with Gasteiger partial charge in [-0.25, -0.2) is 4.39 Å². The van der Waals surface area contributed by atoms with Crippen LogP contribution in [0.4, 0.5) is 23.2 Å². The van der Waals surface area contributed by atoms with Crippen LogP contribution in [0.3, 0.4) is 0 Å². The van der Waals surface area contributed by atoms with Crippen molar-refractivity contribution in [1.82, 2.24) is 0 Å². The maximum Gasteiger partial charge on any atom is 0.416 e. The van der Waals surface area contributed by atoms with E-state index in [1.54, 1.807) is 24.3 Å². The van der Waals surface area contributed by atoms with Gasteiger partial charge in [0.25, 0.3) is 0 Å².